The molecule has 3 N–H and O–H groups in total. The first-order valence-corrected chi connectivity index (χ1v) is 7.35. The van der Waals surface area contributed by atoms with Crippen LogP contribution in [0.4, 0.5) is 0 Å². The Morgan fingerprint density at radius 3 is 2.67 bits per heavy atom. The largest absolute Gasteiger partial charge is 0.351 e. The van der Waals surface area contributed by atoms with Crippen LogP contribution < -0.4 is 11.1 Å². The minimum atomic E-state index is 0.108. The standard InChI is InChI=1S/C14H24N2OS/c1-10(2)6-12(8-15)7-14(17)16-9-13-5-4-11(3)18-13/h4-5,10,12H,6-9,15H2,1-3H3,(H,16,17). The molecule has 0 aromatic carbocycles. The molecule has 0 spiro atoms. The summed E-state index contributed by atoms with van der Waals surface area (Å²) in [6, 6.07) is 4.14. The summed E-state index contributed by atoms with van der Waals surface area (Å²) < 4.78 is 0. The Kier molecular flexibility index (Phi) is 6.36. The number of rotatable bonds is 7. The average molecular weight is 268 g/mol. The van der Waals surface area contributed by atoms with Gasteiger partial charge in [-0.2, -0.15) is 0 Å². The number of nitrogens with one attached hydrogen (secondary N) is 1. The third kappa shape index (κ3) is 5.65. The van der Waals surface area contributed by atoms with Crippen LogP contribution in [0, 0.1) is 18.8 Å². The number of carbonyl (C=O) groups is 1. The number of thiophene rings is 1. The van der Waals surface area contributed by atoms with Crippen LogP contribution in [0.2, 0.25) is 0 Å². The molecule has 1 atom stereocenters. The number of hydrogen-bond donors (Lipinski definition) is 2. The number of nitrogens with two attached hydrogens (primary N) is 1. The second kappa shape index (κ2) is 7.54. The maximum absolute atomic E-state index is 11.8. The predicted molar refractivity (Wildman–Crippen MR) is 77.5 cm³/mol. The molecule has 1 aromatic heterocycles. The van der Waals surface area contributed by atoms with Crippen LogP contribution in [0.15, 0.2) is 12.1 Å². The van der Waals surface area contributed by atoms with E-state index in [0.29, 0.717) is 31.3 Å². The molecule has 0 saturated heterocycles. The smallest absolute Gasteiger partial charge is 0.220 e. The SMILES string of the molecule is Cc1ccc(CNC(=O)CC(CN)CC(C)C)s1. The zero-order valence-electron chi connectivity index (χ0n) is 11.5. The highest BCUT2D eigenvalue weighted by Crippen LogP contribution is 2.16. The topological polar surface area (TPSA) is 55.1 Å². The van der Waals surface area contributed by atoms with Gasteiger partial charge in [0.2, 0.25) is 5.91 Å². The molecular formula is C14H24N2OS. The molecule has 4 heteroatoms. The molecule has 0 fully saturated rings. The predicted octanol–water partition coefficient (Wildman–Crippen LogP) is 2.68. The lowest BCUT2D eigenvalue weighted by Crippen LogP contribution is -2.28. The van der Waals surface area contributed by atoms with Gasteiger partial charge in [0, 0.05) is 16.2 Å². The quantitative estimate of drug-likeness (QED) is 0.799. The summed E-state index contributed by atoms with van der Waals surface area (Å²) in [7, 11) is 0. The summed E-state index contributed by atoms with van der Waals surface area (Å²) in [5.74, 6) is 0.999. The Labute approximate surface area is 114 Å². The summed E-state index contributed by atoms with van der Waals surface area (Å²) in [6.45, 7) is 7.62. The minimum absolute atomic E-state index is 0.108. The fourth-order valence-electron chi connectivity index (χ4n) is 2.03. The van der Waals surface area contributed by atoms with Gasteiger partial charge in [-0.1, -0.05) is 13.8 Å². The molecule has 1 aromatic rings. The molecule has 102 valence electrons. The lowest BCUT2D eigenvalue weighted by atomic mass is 9.94. The van der Waals surface area contributed by atoms with Crippen LogP contribution in [-0.2, 0) is 11.3 Å². The van der Waals surface area contributed by atoms with Gasteiger partial charge in [0.25, 0.3) is 0 Å². The molecule has 1 rings (SSSR count). The Morgan fingerprint density at radius 1 is 1.44 bits per heavy atom. The van der Waals surface area contributed by atoms with Crippen molar-refractivity contribution in [3.05, 3.63) is 21.9 Å². The fraction of sp³-hybridized carbons (Fsp3) is 0.643. The van der Waals surface area contributed by atoms with Crippen molar-refractivity contribution in [1.29, 1.82) is 0 Å². The summed E-state index contributed by atoms with van der Waals surface area (Å²) in [5.41, 5.74) is 5.70. The van der Waals surface area contributed by atoms with Gasteiger partial charge >= 0.3 is 0 Å². The maximum Gasteiger partial charge on any atom is 0.220 e. The Morgan fingerprint density at radius 2 is 2.17 bits per heavy atom. The van der Waals surface area contributed by atoms with Gasteiger partial charge in [0.15, 0.2) is 0 Å². The van der Waals surface area contributed by atoms with Gasteiger partial charge in [-0.15, -0.1) is 11.3 Å². The number of aryl methyl sites for hydroxylation is 1. The van der Waals surface area contributed by atoms with Crippen LogP contribution in [0.3, 0.4) is 0 Å². The van der Waals surface area contributed by atoms with E-state index in [9.17, 15) is 4.79 Å². The normalized spacial score (nSPS) is 12.7. The van der Waals surface area contributed by atoms with E-state index in [0.717, 1.165) is 6.42 Å². The van der Waals surface area contributed by atoms with Crippen molar-refractivity contribution in [1.82, 2.24) is 5.32 Å². The highest BCUT2D eigenvalue weighted by atomic mass is 32.1. The minimum Gasteiger partial charge on any atom is -0.351 e. The van der Waals surface area contributed by atoms with Crippen LogP contribution in [0.1, 0.15) is 36.4 Å². The van der Waals surface area contributed by atoms with Crippen LogP contribution in [-0.4, -0.2) is 12.5 Å². The van der Waals surface area contributed by atoms with Crippen molar-refractivity contribution in [2.75, 3.05) is 6.54 Å². The lowest BCUT2D eigenvalue weighted by molar-refractivity contribution is -0.122. The van der Waals surface area contributed by atoms with E-state index >= 15 is 0 Å². The van der Waals surface area contributed by atoms with Gasteiger partial charge in [0.05, 0.1) is 6.54 Å². The lowest BCUT2D eigenvalue weighted by Gasteiger charge is -2.16. The van der Waals surface area contributed by atoms with Gasteiger partial charge in [-0.25, -0.2) is 0 Å². The summed E-state index contributed by atoms with van der Waals surface area (Å²) in [6.07, 6.45) is 1.56. The van der Waals surface area contributed by atoms with Gasteiger partial charge in [-0.05, 0) is 43.9 Å². The first-order valence-electron chi connectivity index (χ1n) is 6.53. The van der Waals surface area contributed by atoms with E-state index in [1.54, 1.807) is 11.3 Å². The third-order valence-electron chi connectivity index (χ3n) is 2.87. The van der Waals surface area contributed by atoms with E-state index in [1.165, 1.54) is 9.75 Å². The van der Waals surface area contributed by atoms with Gasteiger partial charge in [0.1, 0.15) is 0 Å². The highest BCUT2D eigenvalue weighted by molar-refractivity contribution is 7.11. The first kappa shape index (κ1) is 15.2. The second-order valence-electron chi connectivity index (χ2n) is 5.22. The molecular weight excluding hydrogens is 244 g/mol. The molecule has 0 aliphatic carbocycles. The molecule has 0 bridgehead atoms. The van der Waals surface area contributed by atoms with E-state index in [4.69, 9.17) is 5.73 Å². The van der Waals surface area contributed by atoms with Crippen molar-refractivity contribution in [3.8, 4) is 0 Å². The molecule has 0 saturated carbocycles. The molecule has 1 amide bonds. The van der Waals surface area contributed by atoms with E-state index in [2.05, 4.69) is 38.2 Å². The van der Waals surface area contributed by atoms with Crippen molar-refractivity contribution >= 4 is 17.2 Å². The van der Waals surface area contributed by atoms with Crippen LogP contribution in [0.5, 0.6) is 0 Å². The summed E-state index contributed by atoms with van der Waals surface area (Å²) >= 11 is 1.73. The molecule has 1 unspecified atom stereocenters. The van der Waals surface area contributed by atoms with Crippen LogP contribution in [0.25, 0.3) is 0 Å². The van der Waals surface area contributed by atoms with E-state index in [-0.39, 0.29) is 5.91 Å². The number of carbonyl (C=O) groups excluding carboxylic acids is 1. The average Bonchev–Trinajstić information content (AvgIpc) is 2.71. The Balaban J connectivity index is 2.32. The first-order chi connectivity index (χ1) is 8.51. The summed E-state index contributed by atoms with van der Waals surface area (Å²) in [4.78, 5) is 14.3. The summed E-state index contributed by atoms with van der Waals surface area (Å²) in [5, 5.41) is 2.97. The molecule has 0 radical (unpaired) electrons. The van der Waals surface area contributed by atoms with E-state index < -0.39 is 0 Å². The molecule has 0 aliphatic heterocycles. The van der Waals surface area contributed by atoms with Gasteiger partial charge in [-0.3, -0.25) is 4.79 Å². The number of hydrogen-bond acceptors (Lipinski definition) is 3. The second-order valence-corrected chi connectivity index (χ2v) is 6.60. The Bertz CT molecular complexity index is 374. The van der Waals surface area contributed by atoms with Crippen molar-refractivity contribution < 1.29 is 4.79 Å². The monoisotopic (exact) mass is 268 g/mol. The molecule has 3 nitrogen and oxygen atoms in total. The highest BCUT2D eigenvalue weighted by Gasteiger charge is 2.13. The maximum atomic E-state index is 11.8. The van der Waals surface area contributed by atoms with E-state index in [1.807, 2.05) is 0 Å². The molecule has 1 heterocycles. The Hall–Kier alpha value is -0.870. The third-order valence-corrected chi connectivity index (χ3v) is 3.87. The zero-order valence-corrected chi connectivity index (χ0v) is 12.3. The van der Waals surface area contributed by atoms with Gasteiger partial charge < -0.3 is 11.1 Å². The zero-order chi connectivity index (χ0) is 13.5. The fourth-order valence-corrected chi connectivity index (χ4v) is 2.86. The van der Waals surface area contributed by atoms with Crippen LogP contribution >= 0.6 is 11.3 Å². The number of amides is 1. The van der Waals surface area contributed by atoms with Crippen molar-refractivity contribution in [2.24, 2.45) is 17.6 Å². The molecule has 0 aliphatic rings. The molecule has 18 heavy (non-hydrogen) atoms. The van der Waals surface area contributed by atoms with Crippen molar-refractivity contribution in [2.45, 2.75) is 40.2 Å². The van der Waals surface area contributed by atoms with Crippen molar-refractivity contribution in [3.63, 3.8) is 0 Å².